The lowest BCUT2D eigenvalue weighted by Crippen LogP contribution is -2.24. The molecule has 2 N–H and O–H groups in total. The highest BCUT2D eigenvalue weighted by Gasteiger charge is 2.20. The van der Waals surface area contributed by atoms with Gasteiger partial charge in [-0.15, -0.1) is 28.1 Å². The van der Waals surface area contributed by atoms with Crippen LogP contribution >= 0.6 is 34.9 Å². The summed E-state index contributed by atoms with van der Waals surface area (Å²) in [5.74, 6) is 1.99. The molecule has 0 atom stereocenters. The summed E-state index contributed by atoms with van der Waals surface area (Å²) >= 11 is 4.37. The van der Waals surface area contributed by atoms with Crippen LogP contribution in [0.3, 0.4) is 0 Å². The highest BCUT2D eigenvalue weighted by molar-refractivity contribution is 7.99. The number of nitrogens with one attached hydrogen (secondary N) is 2. The van der Waals surface area contributed by atoms with Crippen LogP contribution in [0.25, 0.3) is 10.2 Å². The van der Waals surface area contributed by atoms with Gasteiger partial charge < -0.3 is 19.3 Å². The van der Waals surface area contributed by atoms with Crippen molar-refractivity contribution in [3.63, 3.8) is 0 Å². The van der Waals surface area contributed by atoms with Crippen molar-refractivity contribution in [3.05, 3.63) is 63.4 Å². The Balaban J connectivity index is 1.24. The first-order valence-corrected chi connectivity index (χ1v) is 14.0. The first-order valence-electron chi connectivity index (χ1n) is 11.2. The van der Waals surface area contributed by atoms with Crippen molar-refractivity contribution in [1.82, 2.24) is 30.0 Å². The Morgan fingerprint density at radius 3 is 3.03 bits per heavy atom. The minimum absolute atomic E-state index is 0.0683. The smallest absolute Gasteiger partial charge is 0.260 e. The summed E-state index contributed by atoms with van der Waals surface area (Å²) < 4.78 is 7.15. The van der Waals surface area contributed by atoms with Crippen molar-refractivity contribution in [2.75, 3.05) is 5.75 Å². The monoisotopic (exact) mass is 528 g/mol. The van der Waals surface area contributed by atoms with Crippen LogP contribution in [0.2, 0.25) is 0 Å². The van der Waals surface area contributed by atoms with Gasteiger partial charge in [0.05, 0.1) is 29.7 Å². The lowest BCUT2D eigenvalue weighted by atomic mass is 9.97. The largest absolute Gasteiger partial charge is 0.467 e. The molecule has 4 aromatic heterocycles. The van der Waals surface area contributed by atoms with Gasteiger partial charge in [-0.25, -0.2) is 4.98 Å². The van der Waals surface area contributed by atoms with Gasteiger partial charge in [0.2, 0.25) is 5.91 Å². The average molecular weight is 529 g/mol. The predicted octanol–water partition coefficient (Wildman–Crippen LogP) is 3.93. The van der Waals surface area contributed by atoms with Crippen LogP contribution < -0.4 is 10.9 Å². The van der Waals surface area contributed by atoms with Crippen molar-refractivity contribution in [2.24, 2.45) is 0 Å². The number of aromatic nitrogens is 5. The third kappa shape index (κ3) is 5.39. The molecule has 0 unspecified atom stereocenters. The summed E-state index contributed by atoms with van der Waals surface area (Å²) in [6.45, 7) is 4.68. The summed E-state index contributed by atoms with van der Waals surface area (Å²) in [6.07, 6.45) is 7.62. The number of allylic oxidation sites excluding steroid dienone is 1. The quantitative estimate of drug-likeness (QED) is 0.181. The molecule has 0 fully saturated rings. The first kappa shape index (κ1) is 23.9. The summed E-state index contributed by atoms with van der Waals surface area (Å²) in [6, 6.07) is 3.59. The second kappa shape index (κ2) is 10.8. The molecule has 0 radical (unpaired) electrons. The molecular weight excluding hydrogens is 504 g/mol. The number of aromatic amines is 1. The van der Waals surface area contributed by atoms with Gasteiger partial charge in [0.15, 0.2) is 10.3 Å². The van der Waals surface area contributed by atoms with E-state index in [9.17, 15) is 9.59 Å². The highest BCUT2D eigenvalue weighted by atomic mass is 32.2. The number of nitrogens with zero attached hydrogens (tertiary/aromatic N) is 4. The maximum absolute atomic E-state index is 12.8. The number of hydrogen-bond acceptors (Lipinski definition) is 9. The maximum atomic E-state index is 12.8. The molecule has 4 heterocycles. The zero-order valence-corrected chi connectivity index (χ0v) is 21.4. The highest BCUT2D eigenvalue weighted by Crippen LogP contribution is 2.34. The molecule has 0 saturated carbocycles. The molecule has 1 aliphatic carbocycles. The predicted molar refractivity (Wildman–Crippen MR) is 138 cm³/mol. The Morgan fingerprint density at radius 2 is 2.20 bits per heavy atom. The summed E-state index contributed by atoms with van der Waals surface area (Å²) in [4.78, 5) is 34.8. The lowest BCUT2D eigenvalue weighted by molar-refractivity contribution is -0.118. The normalized spacial score (nSPS) is 13.1. The first-order chi connectivity index (χ1) is 17.1. The molecule has 0 bridgehead atoms. The number of H-pyrrole nitrogens is 1. The molecule has 1 aliphatic rings. The standard InChI is InChI=1S/C23H24N6O3S3/c1-2-9-29-17(27-28-23(29)34-13-18(30)24-11-14-6-5-10-32-14)12-33-22-25-20(31)19-15-7-3-4-8-16(15)35-21(19)26-22/h2,5-6,10H,1,3-4,7-9,11-13H2,(H,24,30)(H,25,26,31). The zero-order chi connectivity index (χ0) is 24.2. The number of furan rings is 1. The molecule has 1 amide bonds. The van der Waals surface area contributed by atoms with Crippen molar-refractivity contribution in [1.29, 1.82) is 0 Å². The topological polar surface area (TPSA) is 119 Å². The second-order valence-corrected chi connectivity index (χ2v) is 11.0. The van der Waals surface area contributed by atoms with E-state index in [1.807, 2.05) is 10.6 Å². The minimum atomic E-state index is -0.121. The molecule has 35 heavy (non-hydrogen) atoms. The van der Waals surface area contributed by atoms with Gasteiger partial charge >= 0.3 is 0 Å². The SMILES string of the molecule is C=CCn1c(CSc2nc3sc4c(c3c(=O)[nH]2)CCCC4)nnc1SCC(=O)NCc1ccco1. The summed E-state index contributed by atoms with van der Waals surface area (Å²) in [7, 11) is 0. The van der Waals surface area contributed by atoms with E-state index in [2.05, 4.69) is 27.1 Å². The van der Waals surface area contributed by atoms with E-state index in [4.69, 9.17) is 9.40 Å². The van der Waals surface area contributed by atoms with Gasteiger partial charge in [0.25, 0.3) is 5.56 Å². The summed E-state index contributed by atoms with van der Waals surface area (Å²) in [5, 5.41) is 13.4. The van der Waals surface area contributed by atoms with E-state index >= 15 is 0 Å². The number of hydrogen-bond donors (Lipinski definition) is 2. The number of amides is 1. The molecular formula is C23H24N6O3S3. The van der Waals surface area contributed by atoms with Crippen LogP contribution in [0.1, 0.15) is 34.9 Å². The third-order valence-corrected chi connectivity index (χ3v) is 8.64. The van der Waals surface area contributed by atoms with Crippen LogP contribution in [-0.4, -0.2) is 36.4 Å². The molecule has 0 aliphatic heterocycles. The molecule has 12 heteroatoms. The zero-order valence-electron chi connectivity index (χ0n) is 18.9. The van der Waals surface area contributed by atoms with Crippen LogP contribution in [-0.2, 0) is 36.5 Å². The maximum Gasteiger partial charge on any atom is 0.260 e. The van der Waals surface area contributed by atoms with Crippen molar-refractivity contribution in [3.8, 4) is 0 Å². The molecule has 182 valence electrons. The van der Waals surface area contributed by atoms with E-state index in [1.54, 1.807) is 29.7 Å². The van der Waals surface area contributed by atoms with Crippen LogP contribution in [0.4, 0.5) is 0 Å². The third-order valence-electron chi connectivity index (χ3n) is 5.62. The molecule has 9 nitrogen and oxygen atoms in total. The van der Waals surface area contributed by atoms with E-state index in [0.717, 1.165) is 35.3 Å². The van der Waals surface area contributed by atoms with Crippen molar-refractivity contribution >= 4 is 51.0 Å². The fourth-order valence-corrected chi connectivity index (χ4v) is 6.89. The fourth-order valence-electron chi connectivity index (χ4n) is 3.97. The Morgan fingerprint density at radius 1 is 1.31 bits per heavy atom. The summed E-state index contributed by atoms with van der Waals surface area (Å²) in [5.41, 5.74) is 1.11. The van der Waals surface area contributed by atoms with Crippen LogP contribution in [0.5, 0.6) is 0 Å². The minimum Gasteiger partial charge on any atom is -0.467 e. The lowest BCUT2D eigenvalue weighted by Gasteiger charge is -2.09. The number of carbonyl (C=O) groups excluding carboxylic acids is 1. The Labute approximate surface area is 213 Å². The number of thioether (sulfide) groups is 2. The van der Waals surface area contributed by atoms with E-state index in [0.29, 0.717) is 34.9 Å². The number of aryl methyl sites for hydroxylation is 2. The second-order valence-electron chi connectivity index (χ2n) is 7.99. The van der Waals surface area contributed by atoms with Gasteiger partial charge in [-0.05, 0) is 43.4 Å². The molecule has 5 rings (SSSR count). The van der Waals surface area contributed by atoms with Gasteiger partial charge in [0, 0.05) is 11.4 Å². The van der Waals surface area contributed by atoms with E-state index in [1.165, 1.54) is 40.4 Å². The fraction of sp³-hybridized carbons (Fsp3) is 0.348. The number of rotatable bonds is 10. The van der Waals surface area contributed by atoms with Gasteiger partial charge in [0.1, 0.15) is 16.4 Å². The van der Waals surface area contributed by atoms with Crippen molar-refractivity contribution < 1.29 is 9.21 Å². The number of thiophene rings is 1. The number of carbonyl (C=O) groups is 1. The molecule has 0 spiro atoms. The van der Waals surface area contributed by atoms with E-state index in [-0.39, 0.29) is 17.2 Å². The van der Waals surface area contributed by atoms with Crippen molar-refractivity contribution in [2.45, 2.75) is 54.8 Å². The van der Waals surface area contributed by atoms with Crippen LogP contribution in [0, 0.1) is 0 Å². The average Bonchev–Trinajstić information content (AvgIpc) is 3.59. The molecule has 4 aromatic rings. The van der Waals surface area contributed by atoms with Gasteiger partial charge in [-0.1, -0.05) is 29.6 Å². The van der Waals surface area contributed by atoms with E-state index < -0.39 is 0 Å². The molecule has 0 saturated heterocycles. The number of fused-ring (bicyclic) bond motifs is 3. The Bertz CT molecular complexity index is 1410. The van der Waals surface area contributed by atoms with Gasteiger partial charge in [-0.2, -0.15) is 0 Å². The van der Waals surface area contributed by atoms with Crippen LogP contribution in [0.15, 0.2) is 50.6 Å². The molecule has 0 aromatic carbocycles. The Hall–Kier alpha value is -2.83. The Kier molecular flexibility index (Phi) is 7.40. The van der Waals surface area contributed by atoms with Gasteiger partial charge in [-0.3, -0.25) is 9.59 Å².